The van der Waals surface area contributed by atoms with Gasteiger partial charge in [-0.3, -0.25) is 4.90 Å². The third-order valence-electron chi connectivity index (χ3n) is 5.59. The van der Waals surface area contributed by atoms with Crippen LogP contribution in [-0.4, -0.2) is 85.5 Å². The van der Waals surface area contributed by atoms with Gasteiger partial charge < -0.3 is 30.3 Å². The van der Waals surface area contributed by atoms with E-state index in [-0.39, 0.29) is 13.2 Å². The summed E-state index contributed by atoms with van der Waals surface area (Å²) in [6, 6.07) is 7.72. The van der Waals surface area contributed by atoms with Gasteiger partial charge in [0.1, 0.15) is 12.2 Å². The molecule has 4 atom stereocenters. The molecule has 0 aliphatic carbocycles. The zero-order valence-corrected chi connectivity index (χ0v) is 16.6. The summed E-state index contributed by atoms with van der Waals surface area (Å²) in [5.41, 5.74) is 2.17. The summed E-state index contributed by atoms with van der Waals surface area (Å²) in [7, 11) is 0. The lowest BCUT2D eigenvalue weighted by Crippen LogP contribution is -2.62. The minimum Gasteiger partial charge on any atom is -0.395 e. The molecule has 0 saturated carbocycles. The van der Waals surface area contributed by atoms with Crippen molar-refractivity contribution < 1.29 is 20.4 Å². The summed E-state index contributed by atoms with van der Waals surface area (Å²) >= 11 is 0. The van der Waals surface area contributed by atoms with Crippen molar-refractivity contribution in [1.82, 2.24) is 14.5 Å². The van der Waals surface area contributed by atoms with Gasteiger partial charge in [0, 0.05) is 36.9 Å². The number of hydrogen-bond donors (Lipinski definition) is 5. The monoisotopic (exact) mass is 404 g/mol. The molecule has 1 aromatic heterocycles. The summed E-state index contributed by atoms with van der Waals surface area (Å²) in [6.45, 7) is 1.64. The Morgan fingerprint density at radius 3 is 2.45 bits per heavy atom. The largest absolute Gasteiger partial charge is 0.395 e. The quantitative estimate of drug-likeness (QED) is 0.369. The fourth-order valence-corrected chi connectivity index (χ4v) is 3.82. The molecular weight excluding hydrogens is 372 g/mol. The third-order valence-corrected chi connectivity index (χ3v) is 5.59. The van der Waals surface area contributed by atoms with E-state index in [1.165, 1.54) is 0 Å². The first-order valence-electron chi connectivity index (χ1n) is 10.3. The number of likely N-dealkylation sites (tertiary alicyclic amines) is 1. The van der Waals surface area contributed by atoms with Crippen LogP contribution in [0.2, 0.25) is 0 Å². The highest BCUT2D eigenvalue weighted by atomic mass is 16.4. The van der Waals surface area contributed by atoms with E-state index in [0.717, 1.165) is 43.6 Å². The van der Waals surface area contributed by atoms with Gasteiger partial charge in [-0.25, -0.2) is 4.98 Å². The molecule has 1 fully saturated rings. The van der Waals surface area contributed by atoms with E-state index < -0.39 is 24.4 Å². The first-order valence-corrected chi connectivity index (χ1v) is 10.3. The highest BCUT2D eigenvalue weighted by Gasteiger charge is 2.40. The molecular formula is C21H32N4O4. The molecule has 8 nitrogen and oxygen atoms in total. The number of anilines is 1. The molecule has 0 bridgehead atoms. The van der Waals surface area contributed by atoms with Gasteiger partial charge in [-0.2, -0.15) is 0 Å². The second-order valence-corrected chi connectivity index (χ2v) is 7.65. The number of rotatable bonds is 10. The van der Waals surface area contributed by atoms with Crippen molar-refractivity contribution in [2.24, 2.45) is 0 Å². The number of nitrogens with one attached hydrogen (secondary N) is 1. The molecule has 0 radical (unpaired) electrons. The van der Waals surface area contributed by atoms with Crippen LogP contribution in [0, 0.1) is 0 Å². The van der Waals surface area contributed by atoms with Crippen molar-refractivity contribution in [2.75, 3.05) is 31.6 Å². The fraction of sp³-hybridized carbons (Fsp3) is 0.571. The minimum atomic E-state index is -1.19. The van der Waals surface area contributed by atoms with Crippen LogP contribution in [0.4, 0.5) is 5.69 Å². The van der Waals surface area contributed by atoms with E-state index in [1.54, 1.807) is 12.5 Å². The topological polar surface area (TPSA) is 114 Å². The lowest BCUT2D eigenvalue weighted by molar-refractivity contribution is -0.145. The maximum Gasteiger partial charge on any atom is 0.109 e. The van der Waals surface area contributed by atoms with E-state index in [2.05, 4.69) is 34.6 Å². The summed E-state index contributed by atoms with van der Waals surface area (Å²) in [4.78, 5) is 5.93. The molecule has 2 heterocycles. The Labute approximate surface area is 171 Å². The highest BCUT2D eigenvalue weighted by molar-refractivity contribution is 5.48. The number of β-amino-alcohol motifs (C(OH)–C–C–N with tert-alkyl or cyclic N) is 1. The second-order valence-electron chi connectivity index (χ2n) is 7.65. The predicted molar refractivity (Wildman–Crippen MR) is 111 cm³/mol. The molecule has 3 rings (SSSR count). The van der Waals surface area contributed by atoms with Gasteiger partial charge in [0.05, 0.1) is 25.1 Å². The van der Waals surface area contributed by atoms with E-state index in [0.29, 0.717) is 6.54 Å². The molecule has 1 aliphatic heterocycles. The third kappa shape index (κ3) is 5.77. The molecule has 29 heavy (non-hydrogen) atoms. The lowest BCUT2D eigenvalue weighted by Gasteiger charge is -2.43. The van der Waals surface area contributed by atoms with Gasteiger partial charge in [0.15, 0.2) is 0 Å². The number of unbranched alkanes of at least 4 members (excludes halogenated alkanes) is 3. The predicted octanol–water partition coefficient (Wildman–Crippen LogP) is 0.604. The van der Waals surface area contributed by atoms with Gasteiger partial charge in [-0.1, -0.05) is 12.8 Å². The summed E-state index contributed by atoms with van der Waals surface area (Å²) in [5.74, 6) is 0. The van der Waals surface area contributed by atoms with Crippen LogP contribution >= 0.6 is 0 Å². The van der Waals surface area contributed by atoms with Gasteiger partial charge in [-0.15, -0.1) is 0 Å². The molecule has 5 N–H and O–H groups in total. The second kappa shape index (κ2) is 10.7. The van der Waals surface area contributed by atoms with Gasteiger partial charge in [0.25, 0.3) is 0 Å². The van der Waals surface area contributed by atoms with Gasteiger partial charge >= 0.3 is 0 Å². The summed E-state index contributed by atoms with van der Waals surface area (Å²) in [6.07, 6.45) is 6.25. The van der Waals surface area contributed by atoms with E-state index in [1.807, 2.05) is 15.7 Å². The number of aliphatic hydroxyl groups is 4. The Balaban J connectivity index is 1.30. The molecule has 160 valence electrons. The van der Waals surface area contributed by atoms with Crippen molar-refractivity contribution >= 4 is 5.69 Å². The number of aliphatic hydroxyl groups excluding tert-OH is 4. The van der Waals surface area contributed by atoms with Crippen LogP contribution < -0.4 is 5.32 Å². The Morgan fingerprint density at radius 2 is 1.76 bits per heavy atom. The van der Waals surface area contributed by atoms with Crippen LogP contribution in [0.15, 0.2) is 43.0 Å². The number of hydrogen-bond acceptors (Lipinski definition) is 7. The first-order chi connectivity index (χ1) is 14.1. The Morgan fingerprint density at radius 1 is 1.00 bits per heavy atom. The van der Waals surface area contributed by atoms with Crippen molar-refractivity contribution in [2.45, 2.75) is 50.0 Å². The van der Waals surface area contributed by atoms with Crippen LogP contribution in [0.5, 0.6) is 0 Å². The van der Waals surface area contributed by atoms with Crippen molar-refractivity contribution in [3.63, 3.8) is 0 Å². The molecule has 1 saturated heterocycles. The Bertz CT molecular complexity index is 710. The van der Waals surface area contributed by atoms with Crippen LogP contribution in [-0.2, 0) is 0 Å². The van der Waals surface area contributed by atoms with Crippen molar-refractivity contribution in [3.05, 3.63) is 43.0 Å². The number of imidazole rings is 1. The van der Waals surface area contributed by atoms with Gasteiger partial charge in [0.2, 0.25) is 0 Å². The normalized spacial score (nSPS) is 25.2. The minimum absolute atomic E-state index is 0.228. The summed E-state index contributed by atoms with van der Waals surface area (Å²) in [5, 5.41) is 42.5. The van der Waals surface area contributed by atoms with Gasteiger partial charge in [-0.05, 0) is 43.7 Å². The smallest absolute Gasteiger partial charge is 0.109 e. The number of benzene rings is 1. The molecule has 1 aromatic carbocycles. The maximum atomic E-state index is 10.0. The molecule has 1 aliphatic rings. The Kier molecular flexibility index (Phi) is 8.02. The van der Waals surface area contributed by atoms with Crippen molar-refractivity contribution in [1.29, 1.82) is 0 Å². The highest BCUT2D eigenvalue weighted by Crippen LogP contribution is 2.20. The molecule has 0 amide bonds. The van der Waals surface area contributed by atoms with Crippen LogP contribution in [0.3, 0.4) is 0 Å². The fourth-order valence-electron chi connectivity index (χ4n) is 3.82. The van der Waals surface area contributed by atoms with Crippen LogP contribution in [0.1, 0.15) is 25.7 Å². The molecule has 0 unspecified atom stereocenters. The summed E-state index contributed by atoms with van der Waals surface area (Å²) < 4.78 is 1.96. The van der Waals surface area contributed by atoms with E-state index in [4.69, 9.17) is 0 Å². The molecule has 2 aromatic rings. The Hall–Kier alpha value is -1.97. The standard InChI is InChI=1S/C21H32N4O4/c26-14-18-20(28)21(29)19(27)13-24(18)11-4-2-1-3-9-23-16-5-7-17(8-6-16)25-12-10-22-15-25/h5-8,10,12,15,18-21,23,26-29H,1-4,9,11,13-14H2/t18-,19+,20-,21-/m1/s1. The lowest BCUT2D eigenvalue weighted by atomic mass is 9.94. The van der Waals surface area contributed by atoms with E-state index in [9.17, 15) is 20.4 Å². The SMILES string of the molecule is OC[C@@H]1[C@@H](O)[C@H](O)[C@@H](O)CN1CCCCCCNc1ccc(-n2ccnc2)cc1. The first kappa shape index (κ1) is 21.7. The van der Waals surface area contributed by atoms with Crippen LogP contribution in [0.25, 0.3) is 5.69 Å². The van der Waals surface area contributed by atoms with E-state index >= 15 is 0 Å². The molecule has 8 heteroatoms. The maximum absolute atomic E-state index is 10.0. The zero-order chi connectivity index (χ0) is 20.6. The zero-order valence-electron chi connectivity index (χ0n) is 16.6. The number of aromatic nitrogens is 2. The average molecular weight is 405 g/mol. The number of piperidine rings is 1. The number of nitrogens with zero attached hydrogens (tertiary/aromatic N) is 3. The average Bonchev–Trinajstić information content (AvgIpc) is 3.27. The molecule has 0 spiro atoms. The van der Waals surface area contributed by atoms with Crippen molar-refractivity contribution in [3.8, 4) is 5.69 Å².